The van der Waals surface area contributed by atoms with Gasteiger partial charge in [-0.25, -0.2) is 0 Å². The first-order valence-corrected chi connectivity index (χ1v) is 8.49. The number of hydrogen-bond acceptors (Lipinski definition) is 5. The molecule has 0 fully saturated rings. The molecule has 3 aromatic heterocycles. The summed E-state index contributed by atoms with van der Waals surface area (Å²) >= 11 is 1.52. The van der Waals surface area contributed by atoms with E-state index in [-0.39, 0.29) is 0 Å². The highest BCUT2D eigenvalue weighted by atomic mass is 32.1. The molecular formula is C16H16N6S. The number of aromatic amines is 1. The van der Waals surface area contributed by atoms with Crippen molar-refractivity contribution in [2.75, 3.05) is 0 Å². The molecule has 0 saturated carbocycles. The summed E-state index contributed by atoms with van der Waals surface area (Å²) in [5.74, 6) is 0.923. The van der Waals surface area contributed by atoms with Crippen LogP contribution >= 0.6 is 11.3 Å². The molecule has 0 aliphatic carbocycles. The van der Waals surface area contributed by atoms with Crippen LogP contribution in [0.4, 0.5) is 0 Å². The summed E-state index contributed by atoms with van der Waals surface area (Å²) in [6, 6.07) is 12.1. The summed E-state index contributed by atoms with van der Waals surface area (Å²) in [7, 11) is 0. The van der Waals surface area contributed by atoms with Gasteiger partial charge in [-0.15, -0.1) is 10.2 Å². The lowest BCUT2D eigenvalue weighted by atomic mass is 10.1. The van der Waals surface area contributed by atoms with Crippen LogP contribution in [0.25, 0.3) is 26.9 Å². The Bertz CT molecular complexity index is 921. The third kappa shape index (κ3) is 2.63. The number of nitrogens with one attached hydrogen (secondary N) is 1. The topological polar surface area (TPSA) is 71.8 Å². The molecule has 23 heavy (non-hydrogen) atoms. The van der Waals surface area contributed by atoms with Crippen molar-refractivity contribution in [3.63, 3.8) is 0 Å². The van der Waals surface area contributed by atoms with Crippen LogP contribution in [0, 0.1) is 0 Å². The predicted octanol–water partition coefficient (Wildman–Crippen LogP) is 3.59. The summed E-state index contributed by atoms with van der Waals surface area (Å²) in [5, 5.41) is 21.4. The minimum atomic E-state index is 0.821. The highest BCUT2D eigenvalue weighted by molar-refractivity contribution is 7.19. The smallest absolute Gasteiger partial charge is 0.235 e. The van der Waals surface area contributed by atoms with Crippen molar-refractivity contribution >= 4 is 16.3 Å². The third-order valence-electron chi connectivity index (χ3n) is 3.69. The Labute approximate surface area is 137 Å². The molecule has 0 atom stereocenters. The number of hydrogen-bond donors (Lipinski definition) is 1. The second-order valence-corrected chi connectivity index (χ2v) is 6.31. The normalized spacial score (nSPS) is 11.3. The average molecular weight is 324 g/mol. The van der Waals surface area contributed by atoms with E-state index in [4.69, 9.17) is 0 Å². The van der Waals surface area contributed by atoms with E-state index in [0.29, 0.717) is 0 Å². The van der Waals surface area contributed by atoms with Crippen LogP contribution in [0.1, 0.15) is 25.6 Å². The zero-order chi connectivity index (χ0) is 15.6. The Morgan fingerprint density at radius 1 is 1.17 bits per heavy atom. The van der Waals surface area contributed by atoms with Gasteiger partial charge in [-0.1, -0.05) is 55.0 Å². The predicted molar refractivity (Wildman–Crippen MR) is 90.3 cm³/mol. The van der Waals surface area contributed by atoms with Gasteiger partial charge in [-0.2, -0.15) is 14.7 Å². The summed E-state index contributed by atoms with van der Waals surface area (Å²) in [6.45, 7) is 2.17. The second kappa shape index (κ2) is 5.92. The fourth-order valence-corrected chi connectivity index (χ4v) is 3.27. The van der Waals surface area contributed by atoms with Crippen LogP contribution in [0.15, 0.2) is 36.4 Å². The van der Waals surface area contributed by atoms with Gasteiger partial charge in [-0.05, 0) is 12.5 Å². The number of rotatable bonds is 5. The molecule has 1 N–H and O–H groups in total. The van der Waals surface area contributed by atoms with Crippen LogP contribution in [0.2, 0.25) is 0 Å². The highest BCUT2D eigenvalue weighted by Crippen LogP contribution is 2.27. The summed E-state index contributed by atoms with van der Waals surface area (Å²) in [5.41, 5.74) is 2.90. The maximum atomic E-state index is 4.64. The molecule has 0 amide bonds. The maximum Gasteiger partial charge on any atom is 0.235 e. The number of aryl methyl sites for hydroxylation is 1. The number of unbranched alkanes of at least 4 members (excludes halogenated alkanes) is 1. The number of fused-ring (bicyclic) bond motifs is 1. The van der Waals surface area contributed by atoms with Gasteiger partial charge in [0.05, 0.1) is 11.4 Å². The van der Waals surface area contributed by atoms with Gasteiger partial charge < -0.3 is 0 Å². The van der Waals surface area contributed by atoms with E-state index in [9.17, 15) is 0 Å². The first-order chi connectivity index (χ1) is 11.3. The molecule has 0 spiro atoms. The summed E-state index contributed by atoms with van der Waals surface area (Å²) in [4.78, 5) is 0.821. The maximum absolute atomic E-state index is 4.64. The molecule has 0 bridgehead atoms. The molecule has 6 nitrogen and oxygen atoms in total. The number of benzene rings is 1. The molecular weight excluding hydrogens is 308 g/mol. The van der Waals surface area contributed by atoms with E-state index in [1.165, 1.54) is 11.3 Å². The van der Waals surface area contributed by atoms with E-state index >= 15 is 0 Å². The van der Waals surface area contributed by atoms with Crippen molar-refractivity contribution < 1.29 is 0 Å². The summed E-state index contributed by atoms with van der Waals surface area (Å²) < 4.78 is 1.85. The Morgan fingerprint density at radius 2 is 2.04 bits per heavy atom. The first kappa shape index (κ1) is 14.1. The molecule has 7 heteroatoms. The minimum absolute atomic E-state index is 0.821. The molecule has 0 aliphatic heterocycles. The molecule has 3 heterocycles. The van der Waals surface area contributed by atoms with Crippen LogP contribution in [-0.2, 0) is 6.42 Å². The van der Waals surface area contributed by atoms with Gasteiger partial charge in [0.25, 0.3) is 0 Å². The lowest BCUT2D eigenvalue weighted by molar-refractivity contribution is 0.723. The SMILES string of the molecule is CCCCc1nnc2sc(-c3cc(-c4ccccc4)n[nH]3)nn12. The zero-order valence-electron chi connectivity index (χ0n) is 12.7. The Balaban J connectivity index is 1.67. The molecule has 116 valence electrons. The van der Waals surface area contributed by atoms with Crippen molar-refractivity contribution in [3.8, 4) is 22.0 Å². The van der Waals surface area contributed by atoms with Crippen molar-refractivity contribution in [3.05, 3.63) is 42.2 Å². The molecule has 0 aliphatic rings. The second-order valence-electron chi connectivity index (χ2n) is 5.35. The number of H-pyrrole nitrogens is 1. The molecule has 4 rings (SSSR count). The zero-order valence-corrected chi connectivity index (χ0v) is 13.5. The molecule has 1 aromatic carbocycles. The Kier molecular flexibility index (Phi) is 3.63. The van der Waals surface area contributed by atoms with E-state index in [1.54, 1.807) is 0 Å². The fraction of sp³-hybridized carbons (Fsp3) is 0.250. The fourth-order valence-electron chi connectivity index (χ4n) is 2.45. The van der Waals surface area contributed by atoms with E-state index in [1.807, 2.05) is 40.9 Å². The van der Waals surface area contributed by atoms with Gasteiger partial charge in [0.2, 0.25) is 4.96 Å². The van der Waals surface area contributed by atoms with Crippen LogP contribution < -0.4 is 0 Å². The van der Waals surface area contributed by atoms with Gasteiger partial charge >= 0.3 is 0 Å². The van der Waals surface area contributed by atoms with Gasteiger partial charge in [0.15, 0.2) is 10.8 Å². The van der Waals surface area contributed by atoms with E-state index in [0.717, 1.165) is 52.0 Å². The highest BCUT2D eigenvalue weighted by Gasteiger charge is 2.14. The van der Waals surface area contributed by atoms with E-state index < -0.39 is 0 Å². The summed E-state index contributed by atoms with van der Waals surface area (Å²) in [6.07, 6.45) is 3.13. The van der Waals surface area contributed by atoms with Crippen molar-refractivity contribution in [1.29, 1.82) is 0 Å². The number of nitrogens with zero attached hydrogens (tertiary/aromatic N) is 5. The minimum Gasteiger partial charge on any atom is -0.275 e. The number of aromatic nitrogens is 6. The van der Waals surface area contributed by atoms with Gasteiger partial charge in [-0.3, -0.25) is 5.10 Å². The molecule has 0 saturated heterocycles. The van der Waals surface area contributed by atoms with Gasteiger partial charge in [0, 0.05) is 12.0 Å². The van der Waals surface area contributed by atoms with Gasteiger partial charge in [0.1, 0.15) is 0 Å². The van der Waals surface area contributed by atoms with Crippen molar-refractivity contribution in [2.45, 2.75) is 26.2 Å². The molecule has 0 unspecified atom stereocenters. The van der Waals surface area contributed by atoms with Crippen LogP contribution in [0.3, 0.4) is 0 Å². The van der Waals surface area contributed by atoms with E-state index in [2.05, 4.69) is 32.4 Å². The Hall–Kier alpha value is -2.54. The third-order valence-corrected chi connectivity index (χ3v) is 4.62. The lowest BCUT2D eigenvalue weighted by Crippen LogP contribution is -1.96. The molecule has 4 aromatic rings. The quantitative estimate of drug-likeness (QED) is 0.609. The largest absolute Gasteiger partial charge is 0.275 e. The van der Waals surface area contributed by atoms with Crippen LogP contribution in [0.5, 0.6) is 0 Å². The van der Waals surface area contributed by atoms with Crippen molar-refractivity contribution in [2.24, 2.45) is 0 Å². The standard InChI is InChI=1S/C16H16N6S/c1-2-3-9-14-19-20-16-22(14)21-15(23-16)13-10-12(17-18-13)11-7-5-4-6-8-11/h4-8,10H,2-3,9H2,1H3,(H,17,18). The average Bonchev–Trinajstić information content (AvgIpc) is 3.29. The molecule has 0 radical (unpaired) electrons. The first-order valence-electron chi connectivity index (χ1n) is 7.67. The lowest BCUT2D eigenvalue weighted by Gasteiger charge is -1.93. The Morgan fingerprint density at radius 3 is 2.87 bits per heavy atom. The monoisotopic (exact) mass is 324 g/mol. The van der Waals surface area contributed by atoms with Crippen LogP contribution in [-0.4, -0.2) is 30.0 Å². The van der Waals surface area contributed by atoms with Crippen molar-refractivity contribution in [1.82, 2.24) is 30.0 Å².